The first kappa shape index (κ1) is 17.7. The fraction of sp³-hybridized carbons (Fsp3) is 0.263. The van der Waals surface area contributed by atoms with E-state index in [1.165, 1.54) is 12.1 Å². The zero-order valence-electron chi connectivity index (χ0n) is 13.9. The maximum atomic E-state index is 12.8. The first-order chi connectivity index (χ1) is 12.6. The van der Waals surface area contributed by atoms with E-state index in [-0.39, 0.29) is 12.4 Å². The number of carbonyl (C=O) groups is 2. The summed E-state index contributed by atoms with van der Waals surface area (Å²) in [6, 6.07) is 13.0. The number of benzene rings is 2. The number of ether oxygens (including phenoxy) is 3. The summed E-state index contributed by atoms with van der Waals surface area (Å²) in [5.74, 6) is -0.355. The third-order valence-electron chi connectivity index (χ3n) is 3.77. The fourth-order valence-electron chi connectivity index (χ4n) is 2.41. The van der Waals surface area contributed by atoms with Gasteiger partial charge in [-0.1, -0.05) is 24.3 Å². The lowest BCUT2D eigenvalue weighted by Gasteiger charge is -2.24. The second-order valence-corrected chi connectivity index (χ2v) is 5.70. The van der Waals surface area contributed by atoms with Crippen molar-refractivity contribution in [2.75, 3.05) is 19.8 Å². The molecule has 1 aliphatic rings. The van der Waals surface area contributed by atoms with Crippen molar-refractivity contribution >= 4 is 11.9 Å². The molecule has 0 radical (unpaired) electrons. The highest BCUT2D eigenvalue weighted by atomic mass is 19.1. The second kappa shape index (κ2) is 8.33. The fourth-order valence-corrected chi connectivity index (χ4v) is 2.41. The van der Waals surface area contributed by atoms with Gasteiger partial charge in [0.25, 0.3) is 5.91 Å². The molecule has 6 nitrogen and oxygen atoms in total. The van der Waals surface area contributed by atoms with E-state index in [1.54, 1.807) is 36.4 Å². The molecule has 136 valence electrons. The number of halogens is 1. The first-order valence-corrected chi connectivity index (χ1v) is 8.18. The molecule has 2 aromatic carbocycles. The lowest BCUT2D eigenvalue weighted by atomic mass is 10.1. The van der Waals surface area contributed by atoms with Gasteiger partial charge in [-0.3, -0.25) is 4.79 Å². The third-order valence-corrected chi connectivity index (χ3v) is 3.77. The molecule has 0 aliphatic carbocycles. The Morgan fingerprint density at radius 1 is 1.12 bits per heavy atom. The predicted octanol–water partition coefficient (Wildman–Crippen LogP) is 1.87. The minimum atomic E-state index is -0.906. The monoisotopic (exact) mass is 359 g/mol. The zero-order chi connectivity index (χ0) is 18.4. The Morgan fingerprint density at radius 2 is 1.85 bits per heavy atom. The molecule has 7 heteroatoms. The number of hydrogen-bond acceptors (Lipinski definition) is 5. The summed E-state index contributed by atoms with van der Waals surface area (Å²) in [6.45, 7) is -0.00970. The molecule has 0 saturated carbocycles. The molecule has 0 bridgehead atoms. The maximum absolute atomic E-state index is 12.8. The minimum absolute atomic E-state index is 0.0298. The van der Waals surface area contributed by atoms with Gasteiger partial charge in [-0.15, -0.1) is 0 Å². The molecule has 0 spiro atoms. The van der Waals surface area contributed by atoms with E-state index in [9.17, 15) is 14.0 Å². The molecule has 1 N–H and O–H groups in total. The number of rotatable bonds is 6. The standard InChI is InChI=1S/C19H18FNO5/c20-14-7-5-13(6-8-14)9-10-21-18(22)12-25-19(23)17-11-24-15-3-1-2-4-16(15)26-17/h1-8,17H,9-12H2,(H,21,22)/t17-/m0/s1. The first-order valence-electron chi connectivity index (χ1n) is 8.18. The minimum Gasteiger partial charge on any atom is -0.485 e. The number of para-hydroxylation sites is 2. The van der Waals surface area contributed by atoms with Gasteiger partial charge in [-0.25, -0.2) is 9.18 Å². The average Bonchev–Trinajstić information content (AvgIpc) is 2.67. The lowest BCUT2D eigenvalue weighted by Crippen LogP contribution is -2.39. The van der Waals surface area contributed by atoms with Crippen LogP contribution >= 0.6 is 0 Å². The quantitative estimate of drug-likeness (QED) is 0.797. The molecule has 0 saturated heterocycles. The van der Waals surface area contributed by atoms with Crippen LogP contribution in [0.5, 0.6) is 11.5 Å². The van der Waals surface area contributed by atoms with Crippen molar-refractivity contribution in [3.8, 4) is 11.5 Å². The van der Waals surface area contributed by atoms with E-state index in [1.807, 2.05) is 0 Å². The Bertz CT molecular complexity index is 778. The summed E-state index contributed by atoms with van der Waals surface area (Å²) in [5, 5.41) is 2.64. The third kappa shape index (κ3) is 4.72. The Labute approximate surface area is 149 Å². The van der Waals surface area contributed by atoms with Crippen molar-refractivity contribution in [2.45, 2.75) is 12.5 Å². The summed E-state index contributed by atoms with van der Waals surface area (Å²) in [6.07, 6.45) is -0.354. The molecule has 0 unspecified atom stereocenters. The molecule has 1 heterocycles. The Morgan fingerprint density at radius 3 is 2.62 bits per heavy atom. The zero-order valence-corrected chi connectivity index (χ0v) is 13.9. The van der Waals surface area contributed by atoms with Gasteiger partial charge in [0.1, 0.15) is 12.4 Å². The van der Waals surface area contributed by atoms with Crippen LogP contribution in [-0.4, -0.2) is 37.7 Å². The molecule has 1 aliphatic heterocycles. The number of nitrogens with one attached hydrogen (secondary N) is 1. The molecular formula is C19H18FNO5. The van der Waals surface area contributed by atoms with Crippen LogP contribution in [0, 0.1) is 5.82 Å². The molecule has 1 amide bonds. The van der Waals surface area contributed by atoms with Gasteiger partial charge >= 0.3 is 5.97 Å². The molecule has 0 fully saturated rings. The van der Waals surface area contributed by atoms with Crippen LogP contribution < -0.4 is 14.8 Å². The molecule has 2 aromatic rings. The van der Waals surface area contributed by atoms with Crippen LogP contribution in [0.4, 0.5) is 4.39 Å². The van der Waals surface area contributed by atoms with Crippen LogP contribution in [0.3, 0.4) is 0 Å². The van der Waals surface area contributed by atoms with Crippen molar-refractivity contribution in [3.05, 3.63) is 59.9 Å². The Balaban J connectivity index is 1.37. The lowest BCUT2D eigenvalue weighted by molar-refractivity contribution is -0.157. The molecular weight excluding hydrogens is 341 g/mol. The van der Waals surface area contributed by atoms with E-state index in [4.69, 9.17) is 14.2 Å². The number of hydrogen-bond donors (Lipinski definition) is 1. The largest absolute Gasteiger partial charge is 0.485 e. The molecule has 1 atom stereocenters. The van der Waals surface area contributed by atoms with Crippen molar-refractivity contribution in [1.82, 2.24) is 5.32 Å². The second-order valence-electron chi connectivity index (χ2n) is 5.70. The van der Waals surface area contributed by atoms with E-state index < -0.39 is 24.6 Å². The van der Waals surface area contributed by atoms with Crippen LogP contribution in [0.25, 0.3) is 0 Å². The smallest absolute Gasteiger partial charge is 0.351 e. The number of esters is 1. The SMILES string of the molecule is O=C(COC(=O)[C@@H]1COc2ccccc2O1)NCCc1ccc(F)cc1. The number of amides is 1. The van der Waals surface area contributed by atoms with Gasteiger partial charge < -0.3 is 19.5 Å². The maximum Gasteiger partial charge on any atom is 0.351 e. The van der Waals surface area contributed by atoms with E-state index in [2.05, 4.69) is 5.32 Å². The van der Waals surface area contributed by atoms with E-state index in [0.29, 0.717) is 24.5 Å². The van der Waals surface area contributed by atoms with Gasteiger partial charge in [0.05, 0.1) is 0 Å². The number of carbonyl (C=O) groups excluding carboxylic acids is 2. The summed E-state index contributed by atoms with van der Waals surface area (Å²) >= 11 is 0. The normalized spacial score (nSPS) is 15.2. The van der Waals surface area contributed by atoms with Gasteiger partial charge in [-0.2, -0.15) is 0 Å². The highest BCUT2D eigenvalue weighted by Gasteiger charge is 2.29. The summed E-state index contributed by atoms with van der Waals surface area (Å²) < 4.78 is 28.7. The van der Waals surface area contributed by atoms with Gasteiger partial charge in [0, 0.05) is 6.54 Å². The summed E-state index contributed by atoms with van der Waals surface area (Å²) in [4.78, 5) is 23.7. The highest BCUT2D eigenvalue weighted by molar-refractivity contribution is 5.82. The molecule has 3 rings (SSSR count). The Kier molecular flexibility index (Phi) is 5.68. The van der Waals surface area contributed by atoms with Gasteiger partial charge in [-0.05, 0) is 36.2 Å². The summed E-state index contributed by atoms with van der Waals surface area (Å²) in [5.41, 5.74) is 0.898. The van der Waals surface area contributed by atoms with Crippen molar-refractivity contribution in [1.29, 1.82) is 0 Å². The van der Waals surface area contributed by atoms with Crippen LogP contribution in [0.1, 0.15) is 5.56 Å². The molecule has 26 heavy (non-hydrogen) atoms. The molecule has 0 aromatic heterocycles. The van der Waals surface area contributed by atoms with Crippen molar-refractivity contribution < 1.29 is 28.2 Å². The van der Waals surface area contributed by atoms with Crippen LogP contribution in [-0.2, 0) is 20.7 Å². The van der Waals surface area contributed by atoms with E-state index in [0.717, 1.165) is 5.56 Å². The Hall–Kier alpha value is -3.09. The van der Waals surface area contributed by atoms with Crippen molar-refractivity contribution in [2.24, 2.45) is 0 Å². The van der Waals surface area contributed by atoms with Gasteiger partial charge in [0.2, 0.25) is 6.10 Å². The van der Waals surface area contributed by atoms with Crippen LogP contribution in [0.15, 0.2) is 48.5 Å². The van der Waals surface area contributed by atoms with Crippen LogP contribution in [0.2, 0.25) is 0 Å². The van der Waals surface area contributed by atoms with Crippen molar-refractivity contribution in [3.63, 3.8) is 0 Å². The van der Waals surface area contributed by atoms with Gasteiger partial charge in [0.15, 0.2) is 18.1 Å². The average molecular weight is 359 g/mol. The summed E-state index contributed by atoms with van der Waals surface area (Å²) in [7, 11) is 0. The highest BCUT2D eigenvalue weighted by Crippen LogP contribution is 2.31. The predicted molar refractivity (Wildman–Crippen MR) is 90.4 cm³/mol. The topological polar surface area (TPSA) is 73.9 Å². The number of fused-ring (bicyclic) bond motifs is 1. The van der Waals surface area contributed by atoms with E-state index >= 15 is 0 Å².